The van der Waals surface area contributed by atoms with Crippen LogP contribution in [0.4, 0.5) is 0 Å². The highest BCUT2D eigenvalue weighted by Crippen LogP contribution is 2.41. The molecule has 5 nitrogen and oxygen atoms in total. The number of carbonyl (C=O) groups excluding carboxylic acids is 1. The predicted octanol–water partition coefficient (Wildman–Crippen LogP) is -0.687. The van der Waals surface area contributed by atoms with Crippen molar-refractivity contribution < 1.29 is 14.7 Å². The first-order chi connectivity index (χ1) is 6.61. The van der Waals surface area contributed by atoms with Crippen molar-refractivity contribution in [3.05, 3.63) is 0 Å². The van der Waals surface area contributed by atoms with E-state index in [0.29, 0.717) is 0 Å². The fourth-order valence-electron chi connectivity index (χ4n) is 2.83. The molecule has 1 amide bonds. The van der Waals surface area contributed by atoms with Crippen LogP contribution in [0.1, 0.15) is 19.3 Å². The second kappa shape index (κ2) is 3.24. The Hall–Kier alpha value is -1.10. The number of carboxylic acids is 1. The summed E-state index contributed by atoms with van der Waals surface area (Å²) in [6.45, 7) is 0. The molecule has 4 atom stereocenters. The molecule has 0 spiro atoms. The van der Waals surface area contributed by atoms with E-state index in [1.54, 1.807) is 0 Å². The third kappa shape index (κ3) is 1.28. The lowest BCUT2D eigenvalue weighted by molar-refractivity contribution is -0.140. The number of fused-ring (bicyclic) bond motifs is 1. The Labute approximate surface area is 81.7 Å². The Balaban J connectivity index is 2.19. The summed E-state index contributed by atoms with van der Waals surface area (Å²) in [7, 11) is 0. The largest absolute Gasteiger partial charge is 0.480 e. The zero-order chi connectivity index (χ0) is 10.3. The van der Waals surface area contributed by atoms with E-state index in [-0.39, 0.29) is 11.8 Å². The number of primary amides is 1. The standard InChI is InChI=1S/C9H14N2O3/c10-8(12)6-4-2-1-3-5(4)7(11-6)9(13)14/h4-7,11H,1-3H2,(H2,10,12)(H,13,14). The molecule has 78 valence electrons. The van der Waals surface area contributed by atoms with E-state index >= 15 is 0 Å². The molecule has 0 aromatic heterocycles. The Bertz CT molecular complexity index is 253. The molecule has 14 heavy (non-hydrogen) atoms. The van der Waals surface area contributed by atoms with Crippen LogP contribution < -0.4 is 11.1 Å². The van der Waals surface area contributed by atoms with Gasteiger partial charge in [0.15, 0.2) is 0 Å². The van der Waals surface area contributed by atoms with Gasteiger partial charge in [0.1, 0.15) is 6.04 Å². The number of amides is 1. The number of nitrogens with one attached hydrogen (secondary N) is 1. The Kier molecular flexibility index (Phi) is 2.19. The smallest absolute Gasteiger partial charge is 0.321 e. The number of hydrogen-bond donors (Lipinski definition) is 3. The van der Waals surface area contributed by atoms with E-state index in [1.807, 2.05) is 0 Å². The molecule has 0 aromatic rings. The van der Waals surface area contributed by atoms with Crippen molar-refractivity contribution in [3.63, 3.8) is 0 Å². The van der Waals surface area contributed by atoms with Crippen molar-refractivity contribution in [3.8, 4) is 0 Å². The second-order valence-corrected chi connectivity index (χ2v) is 4.12. The number of hydrogen-bond acceptors (Lipinski definition) is 3. The van der Waals surface area contributed by atoms with Crippen LogP contribution in [0.2, 0.25) is 0 Å². The van der Waals surface area contributed by atoms with Crippen LogP contribution in [0.5, 0.6) is 0 Å². The normalized spacial score (nSPS) is 40.9. The zero-order valence-corrected chi connectivity index (χ0v) is 7.77. The van der Waals surface area contributed by atoms with Gasteiger partial charge in [-0.25, -0.2) is 0 Å². The van der Waals surface area contributed by atoms with E-state index in [1.165, 1.54) is 0 Å². The lowest BCUT2D eigenvalue weighted by Crippen LogP contribution is -2.45. The van der Waals surface area contributed by atoms with Crippen LogP contribution >= 0.6 is 0 Å². The summed E-state index contributed by atoms with van der Waals surface area (Å²) >= 11 is 0. The first kappa shape index (κ1) is 9.45. The Morgan fingerprint density at radius 1 is 1.21 bits per heavy atom. The Morgan fingerprint density at radius 2 is 1.79 bits per heavy atom. The van der Waals surface area contributed by atoms with Crippen LogP contribution in [0.25, 0.3) is 0 Å². The van der Waals surface area contributed by atoms with E-state index in [2.05, 4.69) is 5.32 Å². The van der Waals surface area contributed by atoms with Gasteiger partial charge in [0.25, 0.3) is 0 Å². The van der Waals surface area contributed by atoms with Crippen LogP contribution in [-0.2, 0) is 9.59 Å². The van der Waals surface area contributed by atoms with Gasteiger partial charge in [-0.2, -0.15) is 0 Å². The van der Waals surface area contributed by atoms with Crippen molar-refractivity contribution >= 4 is 11.9 Å². The highest BCUT2D eigenvalue weighted by atomic mass is 16.4. The number of carbonyl (C=O) groups is 2. The van der Waals surface area contributed by atoms with Gasteiger partial charge in [0.05, 0.1) is 6.04 Å². The van der Waals surface area contributed by atoms with E-state index in [9.17, 15) is 9.59 Å². The second-order valence-electron chi connectivity index (χ2n) is 4.12. The molecule has 2 rings (SSSR count). The molecule has 2 aliphatic rings. The molecule has 5 heteroatoms. The molecule has 1 heterocycles. The predicted molar refractivity (Wildman–Crippen MR) is 48.4 cm³/mol. The zero-order valence-electron chi connectivity index (χ0n) is 7.77. The first-order valence-corrected chi connectivity index (χ1v) is 4.89. The van der Waals surface area contributed by atoms with Gasteiger partial charge >= 0.3 is 5.97 Å². The van der Waals surface area contributed by atoms with E-state index < -0.39 is 24.0 Å². The van der Waals surface area contributed by atoms with Gasteiger partial charge in [-0.1, -0.05) is 6.42 Å². The first-order valence-electron chi connectivity index (χ1n) is 4.89. The lowest BCUT2D eigenvalue weighted by Gasteiger charge is -2.13. The molecule has 1 saturated carbocycles. The molecule has 2 fully saturated rings. The van der Waals surface area contributed by atoms with Gasteiger partial charge < -0.3 is 10.8 Å². The monoisotopic (exact) mass is 198 g/mol. The van der Waals surface area contributed by atoms with Crippen LogP contribution in [0.3, 0.4) is 0 Å². The SMILES string of the molecule is NC(=O)C1NC(C(=O)O)C2CCCC12. The molecule has 4 N–H and O–H groups in total. The topological polar surface area (TPSA) is 92.4 Å². The summed E-state index contributed by atoms with van der Waals surface area (Å²) in [5, 5.41) is 11.8. The maximum atomic E-state index is 11.1. The Morgan fingerprint density at radius 3 is 2.29 bits per heavy atom. The van der Waals surface area contributed by atoms with Crippen molar-refractivity contribution in [2.45, 2.75) is 31.3 Å². The molecule has 1 aliphatic carbocycles. The van der Waals surface area contributed by atoms with Crippen molar-refractivity contribution in [2.75, 3.05) is 0 Å². The molecule has 4 unspecified atom stereocenters. The van der Waals surface area contributed by atoms with Gasteiger partial charge in [-0.15, -0.1) is 0 Å². The molecular weight excluding hydrogens is 184 g/mol. The number of carboxylic acid groups (broad SMARTS) is 1. The minimum atomic E-state index is -0.870. The summed E-state index contributed by atoms with van der Waals surface area (Å²) in [5.41, 5.74) is 5.22. The minimum Gasteiger partial charge on any atom is -0.480 e. The molecule has 1 aliphatic heterocycles. The number of nitrogens with two attached hydrogens (primary N) is 1. The maximum absolute atomic E-state index is 11.1. The number of aliphatic carboxylic acids is 1. The highest BCUT2D eigenvalue weighted by Gasteiger charge is 2.50. The molecule has 0 bridgehead atoms. The average molecular weight is 198 g/mol. The van der Waals surface area contributed by atoms with Crippen molar-refractivity contribution in [1.29, 1.82) is 0 Å². The summed E-state index contributed by atoms with van der Waals surface area (Å²) in [6.07, 6.45) is 2.80. The maximum Gasteiger partial charge on any atom is 0.321 e. The van der Waals surface area contributed by atoms with Crippen molar-refractivity contribution in [2.24, 2.45) is 17.6 Å². The van der Waals surface area contributed by atoms with Crippen LogP contribution in [0, 0.1) is 11.8 Å². The number of rotatable bonds is 2. The minimum absolute atomic E-state index is 0.0880. The summed E-state index contributed by atoms with van der Waals surface area (Å²) in [4.78, 5) is 22.0. The van der Waals surface area contributed by atoms with Gasteiger partial charge in [0.2, 0.25) is 5.91 Å². The third-order valence-corrected chi connectivity index (χ3v) is 3.41. The van der Waals surface area contributed by atoms with Gasteiger partial charge in [-0.3, -0.25) is 14.9 Å². The van der Waals surface area contributed by atoms with Crippen LogP contribution in [0.15, 0.2) is 0 Å². The van der Waals surface area contributed by atoms with Crippen LogP contribution in [-0.4, -0.2) is 29.1 Å². The van der Waals surface area contributed by atoms with Gasteiger partial charge in [0, 0.05) is 0 Å². The quantitative estimate of drug-likeness (QED) is 0.547. The van der Waals surface area contributed by atoms with Gasteiger partial charge in [-0.05, 0) is 24.7 Å². The fraction of sp³-hybridized carbons (Fsp3) is 0.778. The lowest BCUT2D eigenvalue weighted by atomic mass is 9.90. The fourth-order valence-corrected chi connectivity index (χ4v) is 2.83. The molecule has 0 aromatic carbocycles. The summed E-state index contributed by atoms with van der Waals surface area (Å²) in [6, 6.07) is -1.02. The highest BCUT2D eigenvalue weighted by molar-refractivity contribution is 5.83. The average Bonchev–Trinajstić information content (AvgIpc) is 2.59. The van der Waals surface area contributed by atoms with Crippen molar-refractivity contribution in [1.82, 2.24) is 5.32 Å². The molecule has 0 radical (unpaired) electrons. The van der Waals surface area contributed by atoms with E-state index in [4.69, 9.17) is 10.8 Å². The molecule has 1 saturated heterocycles. The van der Waals surface area contributed by atoms with E-state index in [0.717, 1.165) is 19.3 Å². The molecular formula is C9H14N2O3. The summed E-state index contributed by atoms with van der Waals surface area (Å²) < 4.78 is 0. The third-order valence-electron chi connectivity index (χ3n) is 3.41. The summed E-state index contributed by atoms with van der Waals surface area (Å²) in [5.74, 6) is -1.07.